The molecule has 1 aliphatic rings. The number of hydrogen-bond donors (Lipinski definition) is 0. The SMILES string of the molecule is C1=c2cc3cc4cc5ccccc5cc4cc3cc2=CN(c2ccccc2)C1. The van der Waals surface area contributed by atoms with Gasteiger partial charge >= 0.3 is 0 Å². The first-order valence-corrected chi connectivity index (χ1v) is 9.74. The minimum Gasteiger partial charge on any atom is -0.344 e. The number of nitrogens with zero attached hydrogens (tertiary/aromatic N) is 1. The molecule has 1 heteroatoms. The van der Waals surface area contributed by atoms with Crippen LogP contribution >= 0.6 is 0 Å². The van der Waals surface area contributed by atoms with Crippen LogP contribution in [0.3, 0.4) is 0 Å². The smallest absolute Gasteiger partial charge is 0.0415 e. The maximum Gasteiger partial charge on any atom is 0.0415 e. The first-order valence-electron chi connectivity index (χ1n) is 9.74. The summed E-state index contributed by atoms with van der Waals surface area (Å²) in [6.45, 7) is 0.904. The molecule has 0 saturated heterocycles. The lowest BCUT2D eigenvalue weighted by Crippen LogP contribution is -2.35. The molecule has 6 rings (SSSR count). The van der Waals surface area contributed by atoms with E-state index in [1.165, 1.54) is 48.4 Å². The highest BCUT2D eigenvalue weighted by atomic mass is 15.1. The molecule has 1 nitrogen and oxygen atoms in total. The van der Waals surface area contributed by atoms with Crippen molar-refractivity contribution in [2.24, 2.45) is 0 Å². The molecular weight excluding hydrogens is 338 g/mol. The molecular formula is C27H19N. The van der Waals surface area contributed by atoms with Gasteiger partial charge in [-0.25, -0.2) is 0 Å². The zero-order chi connectivity index (χ0) is 18.5. The standard InChI is InChI=1S/C27H19N/c1-2-8-27(9-3-1)28-11-10-21-14-24-15-22-12-19-6-4-5-7-20(19)13-23(22)16-25(24)17-26(21)18-28/h1-10,12-18H,11H2. The number of hydrogen-bond acceptors (Lipinski definition) is 1. The van der Waals surface area contributed by atoms with Crippen molar-refractivity contribution < 1.29 is 0 Å². The first-order chi connectivity index (χ1) is 13.8. The third-order valence-electron chi connectivity index (χ3n) is 5.75. The fraction of sp³-hybridized carbons (Fsp3) is 0.0370. The average Bonchev–Trinajstić information content (AvgIpc) is 2.75. The number of benzene rings is 5. The molecule has 1 heterocycles. The van der Waals surface area contributed by atoms with Gasteiger partial charge in [-0.1, -0.05) is 48.5 Å². The summed E-state index contributed by atoms with van der Waals surface area (Å²) in [4.78, 5) is 2.31. The molecule has 28 heavy (non-hydrogen) atoms. The van der Waals surface area contributed by atoms with Crippen LogP contribution in [0.25, 0.3) is 44.6 Å². The zero-order valence-electron chi connectivity index (χ0n) is 15.5. The Morgan fingerprint density at radius 2 is 1.04 bits per heavy atom. The summed E-state index contributed by atoms with van der Waals surface area (Å²) in [5, 5.41) is 10.4. The molecule has 1 aliphatic heterocycles. The van der Waals surface area contributed by atoms with E-state index in [9.17, 15) is 0 Å². The van der Waals surface area contributed by atoms with Crippen LogP contribution < -0.4 is 15.3 Å². The van der Waals surface area contributed by atoms with Crippen LogP contribution in [0.4, 0.5) is 5.69 Å². The van der Waals surface area contributed by atoms with Gasteiger partial charge in [-0.3, -0.25) is 0 Å². The predicted molar refractivity (Wildman–Crippen MR) is 121 cm³/mol. The van der Waals surface area contributed by atoms with Gasteiger partial charge in [0.25, 0.3) is 0 Å². The number of rotatable bonds is 1. The molecule has 5 aromatic carbocycles. The molecule has 0 fully saturated rings. The van der Waals surface area contributed by atoms with E-state index >= 15 is 0 Å². The molecule has 0 radical (unpaired) electrons. The van der Waals surface area contributed by atoms with Crippen LogP contribution in [0, 0.1) is 0 Å². The second kappa shape index (κ2) is 5.97. The Balaban J connectivity index is 1.57. The van der Waals surface area contributed by atoms with Crippen molar-refractivity contribution in [1.82, 2.24) is 0 Å². The van der Waals surface area contributed by atoms with Crippen LogP contribution in [0.1, 0.15) is 0 Å². The molecule has 0 spiro atoms. The van der Waals surface area contributed by atoms with Gasteiger partial charge in [0.1, 0.15) is 0 Å². The molecule has 0 unspecified atom stereocenters. The normalized spacial score (nSPS) is 13.4. The van der Waals surface area contributed by atoms with Gasteiger partial charge in [-0.05, 0) is 91.3 Å². The number of para-hydroxylation sites is 1. The van der Waals surface area contributed by atoms with Crippen molar-refractivity contribution >= 4 is 50.3 Å². The fourth-order valence-corrected chi connectivity index (χ4v) is 4.28. The van der Waals surface area contributed by atoms with Crippen molar-refractivity contribution in [2.75, 3.05) is 11.4 Å². The Hall–Kier alpha value is -3.58. The summed E-state index contributed by atoms with van der Waals surface area (Å²) in [5.41, 5.74) is 1.23. The van der Waals surface area contributed by atoms with Crippen molar-refractivity contribution in [3.63, 3.8) is 0 Å². The second-order valence-electron chi connectivity index (χ2n) is 7.55. The molecule has 0 aliphatic carbocycles. The van der Waals surface area contributed by atoms with Crippen molar-refractivity contribution in [3.05, 3.63) is 101 Å². The van der Waals surface area contributed by atoms with Crippen molar-refractivity contribution in [3.8, 4) is 0 Å². The molecule has 0 amide bonds. The molecule has 5 aromatic rings. The van der Waals surface area contributed by atoms with Gasteiger partial charge in [-0.15, -0.1) is 0 Å². The highest BCUT2D eigenvalue weighted by Crippen LogP contribution is 2.26. The predicted octanol–water partition coefficient (Wildman–Crippen LogP) is 5.18. The Morgan fingerprint density at radius 3 is 1.71 bits per heavy atom. The average molecular weight is 357 g/mol. The van der Waals surface area contributed by atoms with E-state index in [-0.39, 0.29) is 0 Å². The van der Waals surface area contributed by atoms with E-state index in [4.69, 9.17) is 0 Å². The first kappa shape index (κ1) is 15.5. The van der Waals surface area contributed by atoms with E-state index in [1.807, 2.05) is 0 Å². The maximum atomic E-state index is 2.33. The Bertz CT molecular complexity index is 1480. The van der Waals surface area contributed by atoms with Gasteiger partial charge in [0.05, 0.1) is 0 Å². The summed E-state index contributed by atoms with van der Waals surface area (Å²) in [6.07, 6.45) is 4.60. The minimum absolute atomic E-state index is 0.904. The van der Waals surface area contributed by atoms with Crippen molar-refractivity contribution in [2.45, 2.75) is 0 Å². The van der Waals surface area contributed by atoms with Crippen LogP contribution in [-0.4, -0.2) is 6.54 Å². The summed E-state index contributed by atoms with van der Waals surface area (Å²) < 4.78 is 0. The Labute approximate surface area is 163 Å². The molecule has 0 saturated carbocycles. The number of fused-ring (bicyclic) bond motifs is 4. The minimum atomic E-state index is 0.904. The lowest BCUT2D eigenvalue weighted by atomic mass is 9.98. The van der Waals surface area contributed by atoms with Crippen LogP contribution in [0.15, 0.2) is 91.0 Å². The van der Waals surface area contributed by atoms with E-state index in [2.05, 4.69) is 108 Å². The van der Waals surface area contributed by atoms with E-state index in [1.54, 1.807) is 0 Å². The van der Waals surface area contributed by atoms with E-state index in [0.29, 0.717) is 0 Å². The van der Waals surface area contributed by atoms with Gasteiger partial charge in [0, 0.05) is 18.4 Å². The summed E-state index contributed by atoms with van der Waals surface area (Å²) in [7, 11) is 0. The topological polar surface area (TPSA) is 3.24 Å². The maximum absolute atomic E-state index is 2.33. The quantitative estimate of drug-likeness (QED) is 0.373. The third-order valence-corrected chi connectivity index (χ3v) is 5.75. The van der Waals surface area contributed by atoms with Crippen LogP contribution in [0.2, 0.25) is 0 Å². The highest BCUT2D eigenvalue weighted by molar-refractivity contribution is 6.04. The Kier molecular flexibility index (Phi) is 3.30. The van der Waals surface area contributed by atoms with Gasteiger partial charge in [0.15, 0.2) is 0 Å². The summed E-state index contributed by atoms with van der Waals surface area (Å²) >= 11 is 0. The van der Waals surface area contributed by atoms with Crippen LogP contribution in [0.5, 0.6) is 0 Å². The summed E-state index contributed by atoms with van der Waals surface area (Å²) in [5.74, 6) is 0. The largest absolute Gasteiger partial charge is 0.344 e. The molecule has 0 atom stereocenters. The summed E-state index contributed by atoms with van der Waals surface area (Å²) in [6, 6.07) is 33.1. The monoisotopic (exact) mass is 357 g/mol. The lowest BCUT2D eigenvalue weighted by molar-refractivity contribution is 1.15. The highest BCUT2D eigenvalue weighted by Gasteiger charge is 2.07. The second-order valence-corrected chi connectivity index (χ2v) is 7.55. The number of anilines is 1. The Morgan fingerprint density at radius 1 is 0.500 bits per heavy atom. The molecule has 0 aromatic heterocycles. The van der Waals surface area contributed by atoms with Crippen molar-refractivity contribution in [1.29, 1.82) is 0 Å². The van der Waals surface area contributed by atoms with Gasteiger partial charge in [0.2, 0.25) is 0 Å². The van der Waals surface area contributed by atoms with Gasteiger partial charge in [-0.2, -0.15) is 0 Å². The molecule has 132 valence electrons. The van der Waals surface area contributed by atoms with E-state index in [0.717, 1.165) is 6.54 Å². The van der Waals surface area contributed by atoms with E-state index < -0.39 is 0 Å². The fourth-order valence-electron chi connectivity index (χ4n) is 4.28. The molecule has 0 bridgehead atoms. The zero-order valence-corrected chi connectivity index (χ0v) is 15.5. The molecule has 0 N–H and O–H groups in total. The van der Waals surface area contributed by atoms with Gasteiger partial charge < -0.3 is 4.90 Å². The van der Waals surface area contributed by atoms with Crippen LogP contribution in [-0.2, 0) is 0 Å². The lowest BCUT2D eigenvalue weighted by Gasteiger charge is -2.21. The third kappa shape index (κ3) is 2.48.